The summed E-state index contributed by atoms with van der Waals surface area (Å²) in [7, 11) is -2.96. The SMILES string of the molecule is OB(O)c1ccccc1Cl.OB(O)c1ccccc1Cl. The highest BCUT2D eigenvalue weighted by Gasteiger charge is 2.13. The van der Waals surface area contributed by atoms with E-state index in [9.17, 15) is 0 Å². The maximum atomic E-state index is 8.68. The number of benzene rings is 2. The summed E-state index contributed by atoms with van der Waals surface area (Å²) in [6.07, 6.45) is 0. The highest BCUT2D eigenvalue weighted by atomic mass is 35.5. The van der Waals surface area contributed by atoms with Gasteiger partial charge < -0.3 is 20.1 Å². The van der Waals surface area contributed by atoms with Crippen LogP contribution in [-0.4, -0.2) is 34.3 Å². The van der Waals surface area contributed by atoms with E-state index in [1.807, 2.05) is 0 Å². The molecule has 0 aliphatic carbocycles. The Morgan fingerprint density at radius 3 is 1.10 bits per heavy atom. The van der Waals surface area contributed by atoms with Crippen molar-refractivity contribution in [2.45, 2.75) is 0 Å². The lowest BCUT2D eigenvalue weighted by molar-refractivity contribution is 0.424. The minimum atomic E-state index is -1.48. The van der Waals surface area contributed by atoms with E-state index < -0.39 is 14.2 Å². The topological polar surface area (TPSA) is 80.9 Å². The fraction of sp³-hybridized carbons (Fsp3) is 0. The van der Waals surface area contributed by atoms with Crippen LogP contribution in [0.4, 0.5) is 0 Å². The van der Waals surface area contributed by atoms with Crippen LogP contribution in [0.3, 0.4) is 0 Å². The van der Waals surface area contributed by atoms with Gasteiger partial charge in [-0.15, -0.1) is 0 Å². The summed E-state index contributed by atoms with van der Waals surface area (Å²) in [5.41, 5.74) is 0.674. The van der Waals surface area contributed by atoms with Gasteiger partial charge in [0.05, 0.1) is 0 Å². The summed E-state index contributed by atoms with van der Waals surface area (Å²) in [5, 5.41) is 35.4. The normalized spacial score (nSPS) is 9.50. The van der Waals surface area contributed by atoms with Gasteiger partial charge in [0.2, 0.25) is 0 Å². The van der Waals surface area contributed by atoms with Gasteiger partial charge in [0.15, 0.2) is 0 Å². The van der Waals surface area contributed by atoms with Gasteiger partial charge in [-0.05, 0) is 12.1 Å². The molecule has 2 aromatic rings. The van der Waals surface area contributed by atoms with Crippen LogP contribution in [0, 0.1) is 0 Å². The Kier molecular flexibility index (Phi) is 7.09. The predicted octanol–water partition coefficient (Wildman–Crippen LogP) is 0.0396. The lowest BCUT2D eigenvalue weighted by Crippen LogP contribution is -2.30. The Bertz CT molecular complexity index is 503. The lowest BCUT2D eigenvalue weighted by Gasteiger charge is -1.99. The number of hydrogen-bond donors (Lipinski definition) is 4. The molecule has 4 nitrogen and oxygen atoms in total. The predicted molar refractivity (Wildman–Crippen MR) is 82.6 cm³/mol. The maximum Gasteiger partial charge on any atom is 0.489 e. The second kappa shape index (κ2) is 8.32. The van der Waals surface area contributed by atoms with E-state index in [0.717, 1.165) is 0 Å². The molecule has 0 saturated carbocycles. The van der Waals surface area contributed by atoms with Crippen molar-refractivity contribution in [3.63, 3.8) is 0 Å². The molecule has 0 unspecified atom stereocenters. The fourth-order valence-electron chi connectivity index (χ4n) is 1.37. The first-order chi connectivity index (χ1) is 9.43. The standard InChI is InChI=1S/2C6H6BClO2/c2*8-6-4-2-1-3-5(6)7(9)10/h2*1-4,9-10H. The van der Waals surface area contributed by atoms with Gasteiger partial charge >= 0.3 is 14.2 Å². The minimum absolute atomic E-state index is 0.337. The third kappa shape index (κ3) is 5.17. The monoisotopic (exact) mass is 312 g/mol. The van der Waals surface area contributed by atoms with Crippen LogP contribution in [0.25, 0.3) is 0 Å². The van der Waals surface area contributed by atoms with E-state index in [0.29, 0.717) is 21.0 Å². The average Bonchev–Trinajstić information content (AvgIpc) is 2.40. The van der Waals surface area contributed by atoms with Crippen molar-refractivity contribution in [1.82, 2.24) is 0 Å². The van der Waals surface area contributed by atoms with Crippen molar-refractivity contribution < 1.29 is 20.1 Å². The van der Waals surface area contributed by atoms with Crippen LogP contribution < -0.4 is 10.9 Å². The second-order valence-electron chi connectivity index (χ2n) is 3.79. The molecule has 0 radical (unpaired) electrons. The Morgan fingerprint density at radius 2 is 0.900 bits per heavy atom. The highest BCUT2D eigenvalue weighted by molar-refractivity contribution is 6.63. The number of hydrogen-bond acceptors (Lipinski definition) is 4. The first-order valence-electron chi connectivity index (χ1n) is 5.64. The van der Waals surface area contributed by atoms with Crippen molar-refractivity contribution in [3.05, 3.63) is 58.6 Å². The summed E-state index contributed by atoms with van der Waals surface area (Å²) >= 11 is 11.2. The largest absolute Gasteiger partial charge is 0.489 e. The van der Waals surface area contributed by atoms with Crippen LogP contribution in [0.5, 0.6) is 0 Å². The zero-order valence-electron chi connectivity index (χ0n) is 10.3. The number of rotatable bonds is 2. The molecule has 0 amide bonds. The molecule has 0 saturated heterocycles. The van der Waals surface area contributed by atoms with Crippen molar-refractivity contribution in [2.75, 3.05) is 0 Å². The molecule has 104 valence electrons. The first kappa shape index (κ1) is 17.0. The summed E-state index contributed by atoms with van der Waals surface area (Å²) < 4.78 is 0. The molecule has 4 N–H and O–H groups in total. The Hall–Kier alpha value is -1.01. The quantitative estimate of drug-likeness (QED) is 0.590. The van der Waals surface area contributed by atoms with Gasteiger partial charge in [0.25, 0.3) is 0 Å². The zero-order chi connectivity index (χ0) is 15.1. The van der Waals surface area contributed by atoms with E-state index in [2.05, 4.69) is 0 Å². The van der Waals surface area contributed by atoms with Crippen LogP contribution in [0.15, 0.2) is 48.5 Å². The van der Waals surface area contributed by atoms with Crippen LogP contribution in [0.2, 0.25) is 10.0 Å². The van der Waals surface area contributed by atoms with Gasteiger partial charge in [-0.25, -0.2) is 0 Å². The third-order valence-electron chi connectivity index (χ3n) is 2.37. The van der Waals surface area contributed by atoms with E-state index in [1.165, 1.54) is 0 Å². The molecule has 2 aromatic carbocycles. The summed E-state index contributed by atoms with van der Waals surface area (Å²) in [5.74, 6) is 0. The molecule has 0 aliphatic heterocycles. The average molecular weight is 313 g/mol. The van der Waals surface area contributed by atoms with Gasteiger partial charge in [-0.2, -0.15) is 0 Å². The lowest BCUT2D eigenvalue weighted by atomic mass is 9.80. The molecular weight excluding hydrogens is 301 g/mol. The molecule has 0 aromatic heterocycles. The fourth-order valence-corrected chi connectivity index (χ4v) is 1.84. The first-order valence-corrected chi connectivity index (χ1v) is 6.40. The van der Waals surface area contributed by atoms with E-state index in [-0.39, 0.29) is 0 Å². The maximum absolute atomic E-state index is 8.68. The van der Waals surface area contributed by atoms with Gasteiger partial charge in [0.1, 0.15) is 0 Å². The van der Waals surface area contributed by atoms with Crippen LogP contribution in [0.1, 0.15) is 0 Å². The molecule has 0 spiro atoms. The molecule has 0 atom stereocenters. The molecule has 0 heterocycles. The van der Waals surface area contributed by atoms with Crippen LogP contribution in [-0.2, 0) is 0 Å². The molecule has 0 bridgehead atoms. The number of halogens is 2. The van der Waals surface area contributed by atoms with Crippen molar-refractivity contribution in [3.8, 4) is 0 Å². The highest BCUT2D eigenvalue weighted by Crippen LogP contribution is 2.03. The van der Waals surface area contributed by atoms with E-state index >= 15 is 0 Å². The molecular formula is C12H12B2Cl2O4. The Labute approximate surface area is 127 Å². The smallest absolute Gasteiger partial charge is 0.423 e. The van der Waals surface area contributed by atoms with Crippen LogP contribution >= 0.6 is 23.2 Å². The molecule has 20 heavy (non-hydrogen) atoms. The molecule has 0 aliphatic rings. The van der Waals surface area contributed by atoms with Crippen molar-refractivity contribution in [2.24, 2.45) is 0 Å². The summed E-state index contributed by atoms with van der Waals surface area (Å²) in [4.78, 5) is 0. The van der Waals surface area contributed by atoms with Gasteiger partial charge in [-0.3, -0.25) is 0 Å². The van der Waals surface area contributed by atoms with E-state index in [1.54, 1.807) is 48.5 Å². The van der Waals surface area contributed by atoms with Gasteiger partial charge in [0, 0.05) is 21.0 Å². The third-order valence-corrected chi connectivity index (χ3v) is 3.06. The summed E-state index contributed by atoms with van der Waals surface area (Å²) in [6.45, 7) is 0. The van der Waals surface area contributed by atoms with E-state index in [4.69, 9.17) is 43.3 Å². The Morgan fingerprint density at radius 1 is 0.600 bits per heavy atom. The van der Waals surface area contributed by atoms with Crippen molar-refractivity contribution in [1.29, 1.82) is 0 Å². The molecule has 0 fully saturated rings. The Balaban J connectivity index is 0.000000200. The summed E-state index contributed by atoms with van der Waals surface area (Å²) in [6, 6.07) is 13.2. The van der Waals surface area contributed by atoms with Crippen molar-refractivity contribution >= 4 is 48.4 Å². The molecule has 2 rings (SSSR count). The zero-order valence-corrected chi connectivity index (χ0v) is 11.8. The minimum Gasteiger partial charge on any atom is -0.423 e. The van der Waals surface area contributed by atoms with Gasteiger partial charge in [-0.1, -0.05) is 59.6 Å². The molecule has 8 heteroatoms. The second-order valence-corrected chi connectivity index (χ2v) is 4.60.